The highest BCUT2D eigenvalue weighted by atomic mass is 32.2. The van der Waals surface area contributed by atoms with Crippen LogP contribution in [0.5, 0.6) is 0 Å². The molecule has 12 heteroatoms. The quantitative estimate of drug-likeness (QED) is 0.600. The number of imide groups is 1. The van der Waals surface area contributed by atoms with E-state index in [9.17, 15) is 31.6 Å². The molecule has 0 saturated carbocycles. The molecule has 2 aliphatic heterocycles. The summed E-state index contributed by atoms with van der Waals surface area (Å²) in [7, 11) is -3.70. The van der Waals surface area contributed by atoms with Gasteiger partial charge in [0.1, 0.15) is 23.7 Å². The molecule has 2 fully saturated rings. The minimum Gasteiger partial charge on any atom is -0.324 e. The number of carbonyl (C=O) groups excluding carboxylic acids is 3. The van der Waals surface area contributed by atoms with Crippen LogP contribution < -0.4 is 10.6 Å². The third-order valence-corrected chi connectivity index (χ3v) is 7.76. The normalized spacial score (nSPS) is 21.1. The van der Waals surface area contributed by atoms with Gasteiger partial charge in [-0.1, -0.05) is 6.07 Å². The first-order chi connectivity index (χ1) is 16.0. The molecule has 2 aliphatic rings. The molecule has 34 heavy (non-hydrogen) atoms. The number of anilines is 1. The standard InChI is InChI=1S/C22H22F2N4O5S/c1-22(17-11-14(23)7-8-18(17)24)20(30)28(21(31)26-22)13-19(29)25-15-5-4-6-16(12-15)34(32,33)27-9-2-3-10-27/h4-8,11-12H,2-3,9-10,13H2,1H3,(H,25,29)(H,26,31)/t22-/m0/s1. The molecule has 4 rings (SSSR count). The Balaban J connectivity index is 1.49. The molecule has 0 unspecified atom stereocenters. The van der Waals surface area contributed by atoms with E-state index in [-0.39, 0.29) is 16.1 Å². The smallest absolute Gasteiger partial charge is 0.324 e. The van der Waals surface area contributed by atoms with Crippen molar-refractivity contribution >= 4 is 33.6 Å². The Kier molecular flexibility index (Phi) is 6.13. The molecular weight excluding hydrogens is 470 g/mol. The summed E-state index contributed by atoms with van der Waals surface area (Å²) >= 11 is 0. The highest BCUT2D eigenvalue weighted by Gasteiger charge is 2.50. The van der Waals surface area contributed by atoms with E-state index in [4.69, 9.17) is 0 Å². The lowest BCUT2D eigenvalue weighted by atomic mass is 9.91. The van der Waals surface area contributed by atoms with E-state index < -0.39 is 51.6 Å². The Morgan fingerprint density at radius 1 is 1.12 bits per heavy atom. The average Bonchev–Trinajstić information content (AvgIpc) is 3.40. The van der Waals surface area contributed by atoms with Gasteiger partial charge in [-0.2, -0.15) is 4.31 Å². The Bertz CT molecular complexity index is 1280. The van der Waals surface area contributed by atoms with E-state index in [0.717, 1.165) is 31.0 Å². The fourth-order valence-corrected chi connectivity index (χ4v) is 5.62. The molecule has 0 spiro atoms. The first kappa shape index (κ1) is 23.8. The second kappa shape index (κ2) is 8.76. The molecule has 0 aliphatic carbocycles. The van der Waals surface area contributed by atoms with Gasteiger partial charge in [-0.15, -0.1) is 0 Å². The molecule has 2 N–H and O–H groups in total. The van der Waals surface area contributed by atoms with Crippen molar-refractivity contribution in [3.05, 3.63) is 59.7 Å². The van der Waals surface area contributed by atoms with Crippen molar-refractivity contribution in [3.8, 4) is 0 Å². The van der Waals surface area contributed by atoms with Crippen molar-refractivity contribution in [2.24, 2.45) is 0 Å². The highest BCUT2D eigenvalue weighted by Crippen LogP contribution is 2.31. The zero-order valence-electron chi connectivity index (χ0n) is 18.2. The van der Waals surface area contributed by atoms with Crippen LogP contribution in [0, 0.1) is 11.6 Å². The molecular formula is C22H22F2N4O5S. The molecule has 9 nitrogen and oxygen atoms in total. The van der Waals surface area contributed by atoms with Crippen LogP contribution in [0.4, 0.5) is 19.3 Å². The van der Waals surface area contributed by atoms with Crippen LogP contribution in [0.1, 0.15) is 25.3 Å². The number of nitrogens with zero attached hydrogens (tertiary/aromatic N) is 2. The molecule has 0 radical (unpaired) electrons. The minimum absolute atomic E-state index is 0.0105. The van der Waals surface area contributed by atoms with E-state index in [1.807, 2.05) is 0 Å². The Labute approximate surface area is 194 Å². The van der Waals surface area contributed by atoms with Gasteiger partial charge in [0.25, 0.3) is 5.91 Å². The van der Waals surface area contributed by atoms with Crippen molar-refractivity contribution in [2.45, 2.75) is 30.2 Å². The third-order valence-electron chi connectivity index (χ3n) is 5.86. The van der Waals surface area contributed by atoms with Crippen molar-refractivity contribution < 1.29 is 31.6 Å². The van der Waals surface area contributed by atoms with Gasteiger partial charge in [0.2, 0.25) is 15.9 Å². The van der Waals surface area contributed by atoms with E-state index in [1.54, 1.807) is 0 Å². The van der Waals surface area contributed by atoms with Crippen LogP contribution in [0.25, 0.3) is 0 Å². The maximum Gasteiger partial charge on any atom is 0.325 e. The molecule has 2 heterocycles. The number of hydrogen-bond donors (Lipinski definition) is 2. The lowest BCUT2D eigenvalue weighted by Gasteiger charge is -2.22. The highest BCUT2D eigenvalue weighted by molar-refractivity contribution is 7.89. The van der Waals surface area contributed by atoms with Crippen molar-refractivity contribution in [1.29, 1.82) is 0 Å². The Hall–Kier alpha value is -3.38. The number of halogens is 2. The first-order valence-electron chi connectivity index (χ1n) is 10.5. The lowest BCUT2D eigenvalue weighted by Crippen LogP contribution is -2.42. The maximum atomic E-state index is 14.3. The van der Waals surface area contributed by atoms with Gasteiger partial charge in [0, 0.05) is 24.3 Å². The molecule has 0 bridgehead atoms. The van der Waals surface area contributed by atoms with Crippen LogP contribution in [-0.2, 0) is 25.2 Å². The summed E-state index contributed by atoms with van der Waals surface area (Å²) in [6, 6.07) is 7.24. The summed E-state index contributed by atoms with van der Waals surface area (Å²) in [5.74, 6) is -3.38. The van der Waals surface area contributed by atoms with Crippen LogP contribution in [0.3, 0.4) is 0 Å². The van der Waals surface area contributed by atoms with Gasteiger partial charge in [-0.3, -0.25) is 14.5 Å². The fourth-order valence-electron chi connectivity index (χ4n) is 4.06. The lowest BCUT2D eigenvalue weighted by molar-refractivity contribution is -0.133. The fraction of sp³-hybridized carbons (Fsp3) is 0.318. The number of hydrogen-bond acceptors (Lipinski definition) is 5. The van der Waals surface area contributed by atoms with Gasteiger partial charge in [-0.05, 0) is 56.2 Å². The Morgan fingerprint density at radius 3 is 2.53 bits per heavy atom. The van der Waals surface area contributed by atoms with Gasteiger partial charge < -0.3 is 10.6 Å². The number of amides is 4. The van der Waals surface area contributed by atoms with E-state index in [1.165, 1.54) is 35.5 Å². The summed E-state index contributed by atoms with van der Waals surface area (Å²) in [6.07, 6.45) is 1.56. The van der Waals surface area contributed by atoms with E-state index in [2.05, 4.69) is 10.6 Å². The summed E-state index contributed by atoms with van der Waals surface area (Å²) in [6.45, 7) is 1.36. The molecule has 2 aromatic carbocycles. The third kappa shape index (κ3) is 4.26. The topological polar surface area (TPSA) is 116 Å². The number of rotatable bonds is 6. The zero-order valence-corrected chi connectivity index (χ0v) is 19.0. The molecule has 2 saturated heterocycles. The first-order valence-corrected chi connectivity index (χ1v) is 12.0. The predicted molar refractivity (Wildman–Crippen MR) is 117 cm³/mol. The Morgan fingerprint density at radius 2 is 1.82 bits per heavy atom. The van der Waals surface area contributed by atoms with Crippen LogP contribution >= 0.6 is 0 Å². The second-order valence-corrected chi connectivity index (χ2v) is 10.2. The monoisotopic (exact) mass is 492 g/mol. The largest absolute Gasteiger partial charge is 0.325 e. The van der Waals surface area contributed by atoms with E-state index in [0.29, 0.717) is 18.0 Å². The number of sulfonamides is 1. The van der Waals surface area contributed by atoms with Crippen LogP contribution in [-0.4, -0.2) is 55.1 Å². The average molecular weight is 493 g/mol. The molecule has 0 aromatic heterocycles. The van der Waals surface area contributed by atoms with Crippen molar-refractivity contribution in [3.63, 3.8) is 0 Å². The summed E-state index contributed by atoms with van der Waals surface area (Å²) < 4.78 is 54.8. The molecule has 4 amide bonds. The predicted octanol–water partition coefficient (Wildman–Crippen LogP) is 2.16. The molecule has 2 aromatic rings. The van der Waals surface area contributed by atoms with Gasteiger partial charge in [0.05, 0.1) is 4.90 Å². The van der Waals surface area contributed by atoms with Crippen LogP contribution in [0.15, 0.2) is 47.4 Å². The number of carbonyl (C=O) groups is 3. The maximum absolute atomic E-state index is 14.3. The van der Waals surface area contributed by atoms with Gasteiger partial charge in [0.15, 0.2) is 0 Å². The summed E-state index contributed by atoms with van der Waals surface area (Å²) in [5.41, 5.74) is -2.10. The summed E-state index contributed by atoms with van der Waals surface area (Å²) in [4.78, 5) is 38.5. The SMILES string of the molecule is C[C@@]1(c2cc(F)ccc2F)NC(=O)N(CC(=O)Nc2cccc(S(=O)(=O)N3CCCC3)c2)C1=O. The van der Waals surface area contributed by atoms with Gasteiger partial charge >= 0.3 is 6.03 Å². The second-order valence-electron chi connectivity index (χ2n) is 8.26. The zero-order chi connectivity index (χ0) is 24.7. The summed E-state index contributed by atoms with van der Waals surface area (Å²) in [5, 5.41) is 4.78. The van der Waals surface area contributed by atoms with Crippen LogP contribution in [0.2, 0.25) is 0 Å². The number of benzene rings is 2. The number of urea groups is 1. The van der Waals surface area contributed by atoms with Crippen molar-refractivity contribution in [1.82, 2.24) is 14.5 Å². The van der Waals surface area contributed by atoms with Gasteiger partial charge in [-0.25, -0.2) is 22.0 Å². The molecule has 1 atom stereocenters. The number of nitrogens with one attached hydrogen (secondary N) is 2. The van der Waals surface area contributed by atoms with Crippen molar-refractivity contribution in [2.75, 3.05) is 25.0 Å². The molecule has 180 valence electrons. The minimum atomic E-state index is -3.70. The van der Waals surface area contributed by atoms with E-state index >= 15 is 0 Å².